The summed E-state index contributed by atoms with van der Waals surface area (Å²) in [6.07, 6.45) is 0. The molecule has 0 bridgehead atoms. The van der Waals surface area contributed by atoms with Crippen LogP contribution in [-0.4, -0.2) is 49.7 Å². The Balaban J connectivity index is 2.00. The maximum absolute atomic E-state index is 6.24. The van der Waals surface area contributed by atoms with Crippen LogP contribution in [0.4, 0.5) is 5.82 Å². The normalized spacial score (nSPS) is 16.9. The van der Waals surface area contributed by atoms with E-state index in [9.17, 15) is 0 Å². The van der Waals surface area contributed by atoms with Crippen molar-refractivity contribution in [2.45, 2.75) is 20.4 Å². The Kier molecular flexibility index (Phi) is 5.64. The lowest BCUT2D eigenvalue weighted by molar-refractivity contribution is 0.312. The molecule has 0 aliphatic carbocycles. The van der Waals surface area contributed by atoms with E-state index in [1.54, 1.807) is 0 Å². The summed E-state index contributed by atoms with van der Waals surface area (Å²) in [4.78, 5) is 9.41. The Morgan fingerprint density at radius 3 is 2.60 bits per heavy atom. The lowest BCUT2D eigenvalue weighted by Crippen LogP contribution is -2.44. The summed E-state index contributed by atoms with van der Waals surface area (Å²) < 4.78 is 0. The van der Waals surface area contributed by atoms with Crippen LogP contribution in [0.3, 0.4) is 0 Å². The van der Waals surface area contributed by atoms with Gasteiger partial charge in [0.1, 0.15) is 5.82 Å². The Hall–Kier alpha value is -0.840. The molecular formula is C15H25ClN4. The molecule has 20 heavy (non-hydrogen) atoms. The minimum Gasteiger partial charge on any atom is -0.354 e. The summed E-state index contributed by atoms with van der Waals surface area (Å²) in [5.74, 6) is 1.68. The van der Waals surface area contributed by atoms with Crippen molar-refractivity contribution in [1.82, 2.24) is 15.2 Å². The number of pyridine rings is 1. The highest BCUT2D eigenvalue weighted by molar-refractivity contribution is 6.31. The van der Waals surface area contributed by atoms with Crippen LogP contribution in [0.5, 0.6) is 0 Å². The number of rotatable bonds is 5. The smallest absolute Gasteiger partial charge is 0.129 e. The molecular weight excluding hydrogens is 272 g/mol. The molecule has 1 N–H and O–H groups in total. The number of piperazine rings is 1. The van der Waals surface area contributed by atoms with E-state index in [4.69, 9.17) is 16.6 Å². The SMILES string of the molecule is CC(C)CNCc1nc(N2CCN(C)CC2)ccc1Cl. The van der Waals surface area contributed by atoms with Crippen molar-refractivity contribution in [1.29, 1.82) is 0 Å². The third kappa shape index (κ3) is 4.33. The fraction of sp³-hybridized carbons (Fsp3) is 0.667. The van der Waals surface area contributed by atoms with E-state index in [2.05, 4.69) is 36.0 Å². The number of aromatic nitrogens is 1. The molecule has 1 saturated heterocycles. The van der Waals surface area contributed by atoms with Gasteiger partial charge in [0, 0.05) is 32.7 Å². The zero-order chi connectivity index (χ0) is 14.5. The van der Waals surface area contributed by atoms with Gasteiger partial charge in [-0.25, -0.2) is 4.98 Å². The monoisotopic (exact) mass is 296 g/mol. The molecule has 0 saturated carbocycles. The minimum absolute atomic E-state index is 0.634. The van der Waals surface area contributed by atoms with Crippen molar-refractivity contribution in [2.75, 3.05) is 44.7 Å². The molecule has 1 aliphatic heterocycles. The van der Waals surface area contributed by atoms with Gasteiger partial charge in [0.2, 0.25) is 0 Å². The molecule has 4 nitrogen and oxygen atoms in total. The zero-order valence-electron chi connectivity index (χ0n) is 12.7. The summed E-state index contributed by atoms with van der Waals surface area (Å²) in [5.41, 5.74) is 0.948. The average molecular weight is 297 g/mol. The third-order valence-corrected chi connectivity index (χ3v) is 3.92. The molecule has 1 aliphatic rings. The molecule has 0 spiro atoms. The van der Waals surface area contributed by atoms with Crippen LogP contribution in [0.25, 0.3) is 0 Å². The Morgan fingerprint density at radius 1 is 1.25 bits per heavy atom. The highest BCUT2D eigenvalue weighted by Crippen LogP contribution is 2.20. The molecule has 5 heteroatoms. The summed E-state index contributed by atoms with van der Waals surface area (Å²) in [5, 5.41) is 4.15. The average Bonchev–Trinajstić information content (AvgIpc) is 2.41. The van der Waals surface area contributed by atoms with E-state index in [0.29, 0.717) is 5.92 Å². The van der Waals surface area contributed by atoms with Gasteiger partial charge in [-0.15, -0.1) is 0 Å². The number of anilines is 1. The summed E-state index contributed by atoms with van der Waals surface area (Å²) in [7, 11) is 2.16. The van der Waals surface area contributed by atoms with Crippen LogP contribution in [-0.2, 0) is 6.54 Å². The maximum atomic E-state index is 6.24. The number of likely N-dealkylation sites (N-methyl/N-ethyl adjacent to an activating group) is 1. The minimum atomic E-state index is 0.634. The highest BCUT2D eigenvalue weighted by Gasteiger charge is 2.16. The Labute approximate surface area is 127 Å². The largest absolute Gasteiger partial charge is 0.354 e. The van der Waals surface area contributed by atoms with Crippen molar-refractivity contribution in [3.05, 3.63) is 22.8 Å². The molecule has 2 rings (SSSR count). The molecule has 0 amide bonds. The first-order valence-corrected chi connectivity index (χ1v) is 7.73. The lowest BCUT2D eigenvalue weighted by atomic mass is 10.2. The van der Waals surface area contributed by atoms with Gasteiger partial charge in [0.15, 0.2) is 0 Å². The second-order valence-corrected chi connectivity index (χ2v) is 6.32. The van der Waals surface area contributed by atoms with Crippen LogP contribution in [0.1, 0.15) is 19.5 Å². The number of nitrogens with zero attached hydrogens (tertiary/aromatic N) is 3. The van der Waals surface area contributed by atoms with Crippen LogP contribution >= 0.6 is 11.6 Å². The van der Waals surface area contributed by atoms with Crippen molar-refractivity contribution >= 4 is 17.4 Å². The van der Waals surface area contributed by atoms with Gasteiger partial charge in [0.25, 0.3) is 0 Å². The van der Waals surface area contributed by atoms with E-state index in [1.165, 1.54) is 0 Å². The highest BCUT2D eigenvalue weighted by atomic mass is 35.5. The topological polar surface area (TPSA) is 31.4 Å². The molecule has 1 aromatic heterocycles. The fourth-order valence-electron chi connectivity index (χ4n) is 2.29. The second-order valence-electron chi connectivity index (χ2n) is 5.91. The van der Waals surface area contributed by atoms with Crippen LogP contribution in [0.15, 0.2) is 12.1 Å². The quantitative estimate of drug-likeness (QED) is 0.903. The first-order chi connectivity index (χ1) is 9.56. The molecule has 0 aromatic carbocycles. The van der Waals surface area contributed by atoms with Gasteiger partial charge >= 0.3 is 0 Å². The lowest BCUT2D eigenvalue weighted by Gasteiger charge is -2.33. The molecule has 0 atom stereocenters. The van der Waals surface area contributed by atoms with Crippen LogP contribution < -0.4 is 10.2 Å². The van der Waals surface area contributed by atoms with Gasteiger partial charge in [-0.05, 0) is 31.6 Å². The Morgan fingerprint density at radius 2 is 1.95 bits per heavy atom. The predicted molar refractivity (Wildman–Crippen MR) is 85.5 cm³/mol. The molecule has 1 fully saturated rings. The van der Waals surface area contributed by atoms with Gasteiger partial charge in [-0.3, -0.25) is 0 Å². The summed E-state index contributed by atoms with van der Waals surface area (Å²) >= 11 is 6.24. The molecule has 0 radical (unpaired) electrons. The van der Waals surface area contributed by atoms with Crippen molar-refractivity contribution in [2.24, 2.45) is 5.92 Å². The van der Waals surface area contributed by atoms with Crippen LogP contribution in [0, 0.1) is 5.92 Å². The van der Waals surface area contributed by atoms with E-state index < -0.39 is 0 Å². The first-order valence-electron chi connectivity index (χ1n) is 7.36. The number of hydrogen-bond donors (Lipinski definition) is 1. The van der Waals surface area contributed by atoms with Crippen molar-refractivity contribution < 1.29 is 0 Å². The summed E-state index contributed by atoms with van der Waals surface area (Å²) in [6, 6.07) is 3.99. The van der Waals surface area contributed by atoms with Gasteiger partial charge < -0.3 is 15.1 Å². The van der Waals surface area contributed by atoms with Gasteiger partial charge in [-0.2, -0.15) is 0 Å². The standard InChI is InChI=1S/C15H25ClN4/c1-12(2)10-17-11-14-13(16)4-5-15(18-14)20-8-6-19(3)7-9-20/h4-5,12,17H,6-11H2,1-3H3. The van der Waals surface area contributed by atoms with E-state index in [-0.39, 0.29) is 0 Å². The predicted octanol–water partition coefficient (Wildman–Crippen LogP) is 2.23. The Bertz CT molecular complexity index is 428. The van der Waals surface area contributed by atoms with E-state index in [1.807, 2.05) is 12.1 Å². The maximum Gasteiger partial charge on any atom is 0.129 e. The number of hydrogen-bond acceptors (Lipinski definition) is 4. The molecule has 112 valence electrons. The first kappa shape index (κ1) is 15.5. The molecule has 1 aromatic rings. The summed E-state index contributed by atoms with van der Waals surface area (Å²) in [6.45, 7) is 10.4. The zero-order valence-corrected chi connectivity index (χ0v) is 13.5. The van der Waals surface area contributed by atoms with E-state index in [0.717, 1.165) is 55.8 Å². The second kappa shape index (κ2) is 7.25. The van der Waals surface area contributed by atoms with Crippen LogP contribution in [0.2, 0.25) is 5.02 Å². The fourth-order valence-corrected chi connectivity index (χ4v) is 2.46. The van der Waals surface area contributed by atoms with Crippen molar-refractivity contribution in [3.63, 3.8) is 0 Å². The third-order valence-electron chi connectivity index (χ3n) is 3.58. The number of nitrogens with one attached hydrogen (secondary N) is 1. The number of halogens is 1. The van der Waals surface area contributed by atoms with Crippen molar-refractivity contribution in [3.8, 4) is 0 Å². The molecule has 0 unspecified atom stereocenters. The molecule has 2 heterocycles. The van der Waals surface area contributed by atoms with Gasteiger partial charge in [-0.1, -0.05) is 25.4 Å². The van der Waals surface area contributed by atoms with E-state index >= 15 is 0 Å². The van der Waals surface area contributed by atoms with Gasteiger partial charge in [0.05, 0.1) is 10.7 Å².